The van der Waals surface area contributed by atoms with E-state index in [4.69, 9.17) is 31.3 Å². The standard InChI is InChI=1S/C33H34ClFN8OS/c34-23-10-24-22(12-37-41-24)26(25(23)17-2-3-17)28-29-21(6-8-36-28)27-30(42-14-19-4-5-20(15-42)38-19)39-32(40-31(27)45-29)44-16-33-7-1-9-43(33)13-18(35)11-33/h6,8,10,12,17-20,38H,1-5,7,9,11,13-16H2,(H,37,41)/t18-,19-,20+,33+/m1/s1. The van der Waals surface area contributed by atoms with Crippen LogP contribution >= 0.6 is 22.9 Å². The largest absolute Gasteiger partial charge is 0.461 e. The van der Waals surface area contributed by atoms with Gasteiger partial charge in [-0.1, -0.05) is 11.6 Å². The number of benzene rings is 1. The van der Waals surface area contributed by atoms with Gasteiger partial charge in [-0.15, -0.1) is 11.3 Å². The van der Waals surface area contributed by atoms with Crippen molar-refractivity contribution in [2.45, 2.75) is 74.7 Å². The third kappa shape index (κ3) is 4.23. The van der Waals surface area contributed by atoms with Gasteiger partial charge in [-0.25, -0.2) is 4.39 Å². The summed E-state index contributed by atoms with van der Waals surface area (Å²) in [6.45, 7) is 3.64. The maximum atomic E-state index is 14.5. The summed E-state index contributed by atoms with van der Waals surface area (Å²) in [6.07, 6.45) is 10.2. The average molecular weight is 645 g/mol. The van der Waals surface area contributed by atoms with Crippen LogP contribution in [-0.2, 0) is 0 Å². The second-order valence-corrected chi connectivity index (χ2v) is 15.2. The van der Waals surface area contributed by atoms with E-state index in [0.717, 1.165) is 98.6 Å². The zero-order valence-electron chi connectivity index (χ0n) is 24.9. The molecular weight excluding hydrogens is 611 g/mol. The molecule has 1 aliphatic carbocycles. The Morgan fingerprint density at radius 2 is 1.98 bits per heavy atom. The first kappa shape index (κ1) is 27.0. The van der Waals surface area contributed by atoms with Gasteiger partial charge in [0.1, 0.15) is 23.4 Å². The number of piperazine rings is 1. The number of aromatic amines is 1. The molecule has 12 heteroatoms. The summed E-state index contributed by atoms with van der Waals surface area (Å²) in [5.41, 5.74) is 3.81. The van der Waals surface area contributed by atoms with Crippen LogP contribution in [-0.4, -0.2) is 86.6 Å². The van der Waals surface area contributed by atoms with E-state index in [1.54, 1.807) is 11.3 Å². The number of alkyl halides is 1. The summed E-state index contributed by atoms with van der Waals surface area (Å²) in [5, 5.41) is 15.2. The monoisotopic (exact) mass is 644 g/mol. The Kier molecular flexibility index (Phi) is 5.97. The zero-order chi connectivity index (χ0) is 29.9. The van der Waals surface area contributed by atoms with Crippen molar-refractivity contribution >= 4 is 60.0 Å². The molecule has 5 aromatic rings. The van der Waals surface area contributed by atoms with Gasteiger partial charge in [0, 0.05) is 65.7 Å². The molecule has 0 spiro atoms. The van der Waals surface area contributed by atoms with Crippen LogP contribution in [0.4, 0.5) is 10.2 Å². The molecule has 1 saturated carbocycles. The molecule has 232 valence electrons. The van der Waals surface area contributed by atoms with E-state index in [9.17, 15) is 4.39 Å². The number of rotatable bonds is 6. The molecule has 0 amide bonds. The van der Waals surface area contributed by atoms with E-state index in [1.165, 1.54) is 18.4 Å². The fourth-order valence-corrected chi connectivity index (χ4v) is 10.3. The molecule has 0 radical (unpaired) electrons. The molecule has 9 nitrogen and oxygen atoms in total. The van der Waals surface area contributed by atoms with Gasteiger partial charge in [0.15, 0.2) is 0 Å². The lowest BCUT2D eigenvalue weighted by Gasteiger charge is -2.34. The molecule has 5 aliphatic rings. The lowest BCUT2D eigenvalue weighted by Crippen LogP contribution is -2.51. The summed E-state index contributed by atoms with van der Waals surface area (Å²) in [4.78, 5) is 20.8. The van der Waals surface area contributed by atoms with Gasteiger partial charge in [0.25, 0.3) is 0 Å². The predicted molar refractivity (Wildman–Crippen MR) is 175 cm³/mol. The number of ether oxygens (including phenoxy) is 1. The van der Waals surface area contributed by atoms with Crippen molar-refractivity contribution in [3.8, 4) is 17.3 Å². The van der Waals surface area contributed by atoms with Gasteiger partial charge in [-0.05, 0) is 68.7 Å². The van der Waals surface area contributed by atoms with Crippen LogP contribution in [0.15, 0.2) is 24.5 Å². The predicted octanol–water partition coefficient (Wildman–Crippen LogP) is 6.21. The second-order valence-electron chi connectivity index (χ2n) is 13.8. The zero-order valence-corrected chi connectivity index (χ0v) is 26.4. The Morgan fingerprint density at radius 1 is 1.11 bits per heavy atom. The minimum absolute atomic E-state index is 0.259. The van der Waals surface area contributed by atoms with Crippen LogP contribution < -0.4 is 15.0 Å². The fraction of sp³-hybridized carbons (Fsp3) is 0.515. The third-order valence-electron chi connectivity index (χ3n) is 10.9. The number of hydrogen-bond donors (Lipinski definition) is 2. The molecule has 4 saturated heterocycles. The van der Waals surface area contributed by atoms with Gasteiger partial charge in [-0.3, -0.25) is 15.0 Å². The second kappa shape index (κ2) is 9.94. The number of nitrogens with zero attached hydrogens (tertiary/aromatic N) is 6. The van der Waals surface area contributed by atoms with E-state index in [0.29, 0.717) is 43.6 Å². The fourth-order valence-electron chi connectivity index (χ4n) is 8.75. The van der Waals surface area contributed by atoms with E-state index < -0.39 is 6.17 Å². The van der Waals surface area contributed by atoms with E-state index in [1.807, 2.05) is 18.5 Å². The lowest BCUT2D eigenvalue weighted by atomic mass is 9.95. The van der Waals surface area contributed by atoms with Crippen LogP contribution in [0.1, 0.15) is 56.4 Å². The van der Waals surface area contributed by atoms with Crippen molar-refractivity contribution in [2.24, 2.45) is 0 Å². The summed E-state index contributed by atoms with van der Waals surface area (Å²) in [5.74, 6) is 1.35. The minimum Gasteiger partial charge on any atom is -0.461 e. The number of anilines is 1. The number of pyridine rings is 1. The number of aromatic nitrogens is 5. The number of fused-ring (bicyclic) bond motifs is 7. The first-order chi connectivity index (χ1) is 22.0. The number of halogens is 2. The molecule has 8 heterocycles. The van der Waals surface area contributed by atoms with Crippen molar-refractivity contribution in [3.63, 3.8) is 0 Å². The Labute approximate surface area is 268 Å². The summed E-state index contributed by atoms with van der Waals surface area (Å²) in [7, 11) is 0. The van der Waals surface area contributed by atoms with Gasteiger partial charge >= 0.3 is 6.01 Å². The highest BCUT2D eigenvalue weighted by Crippen LogP contribution is 2.52. The topological polar surface area (TPSA) is 95.1 Å². The summed E-state index contributed by atoms with van der Waals surface area (Å²) < 4.78 is 22.1. The van der Waals surface area contributed by atoms with E-state index >= 15 is 0 Å². The molecule has 2 N–H and O–H groups in total. The molecule has 5 fully saturated rings. The van der Waals surface area contributed by atoms with Crippen LogP contribution in [0.25, 0.3) is 42.5 Å². The van der Waals surface area contributed by atoms with Crippen molar-refractivity contribution in [1.29, 1.82) is 0 Å². The Balaban J connectivity index is 1.15. The molecule has 4 atom stereocenters. The maximum Gasteiger partial charge on any atom is 0.319 e. The number of nitrogens with one attached hydrogen (secondary N) is 2. The number of H-pyrrole nitrogens is 1. The first-order valence-electron chi connectivity index (χ1n) is 16.3. The quantitative estimate of drug-likeness (QED) is 0.225. The van der Waals surface area contributed by atoms with Gasteiger partial charge in [-0.2, -0.15) is 15.1 Å². The molecule has 10 rings (SSSR count). The van der Waals surface area contributed by atoms with Gasteiger partial charge in [0.2, 0.25) is 0 Å². The van der Waals surface area contributed by atoms with E-state index in [2.05, 4.69) is 31.4 Å². The molecule has 4 aliphatic heterocycles. The van der Waals surface area contributed by atoms with Gasteiger partial charge in [0.05, 0.1) is 33.0 Å². The summed E-state index contributed by atoms with van der Waals surface area (Å²) in [6, 6.07) is 5.39. The van der Waals surface area contributed by atoms with Crippen molar-refractivity contribution in [2.75, 3.05) is 37.7 Å². The van der Waals surface area contributed by atoms with Gasteiger partial charge < -0.3 is 15.0 Å². The minimum atomic E-state index is -0.800. The van der Waals surface area contributed by atoms with Crippen molar-refractivity contribution < 1.29 is 9.13 Å². The Morgan fingerprint density at radius 3 is 2.82 bits per heavy atom. The summed E-state index contributed by atoms with van der Waals surface area (Å²) >= 11 is 8.59. The molecule has 1 aromatic carbocycles. The number of thiophene rings is 1. The van der Waals surface area contributed by atoms with Crippen LogP contribution in [0, 0.1) is 0 Å². The number of hydrogen-bond acceptors (Lipinski definition) is 9. The lowest BCUT2D eigenvalue weighted by molar-refractivity contribution is 0.107. The highest BCUT2D eigenvalue weighted by atomic mass is 35.5. The van der Waals surface area contributed by atoms with Crippen LogP contribution in [0.5, 0.6) is 6.01 Å². The maximum absolute atomic E-state index is 14.5. The molecular formula is C33H34ClFN8OS. The van der Waals surface area contributed by atoms with Crippen LogP contribution in [0.2, 0.25) is 5.02 Å². The van der Waals surface area contributed by atoms with Crippen LogP contribution in [0.3, 0.4) is 0 Å². The van der Waals surface area contributed by atoms with E-state index in [-0.39, 0.29) is 5.54 Å². The highest BCUT2D eigenvalue weighted by Gasteiger charge is 2.49. The average Bonchev–Trinajstić information content (AvgIpc) is 3.33. The SMILES string of the molecule is F[C@H]1CN2CCC[C@@]2(COc2nc(N3C[C@H]4CC[C@@H](C3)N4)c3c(n2)sc2c(-c4c(C5CC5)c(Cl)cc5[nH]ncc45)nccc23)C1. The molecule has 2 bridgehead atoms. The molecule has 0 unspecified atom stereocenters. The normalized spacial score (nSPS) is 28.2. The third-order valence-corrected chi connectivity index (χ3v) is 12.3. The van der Waals surface area contributed by atoms with Crippen molar-refractivity contribution in [3.05, 3.63) is 35.1 Å². The first-order valence-corrected chi connectivity index (χ1v) is 17.5. The smallest absolute Gasteiger partial charge is 0.319 e. The Bertz CT molecular complexity index is 1980. The Hall–Kier alpha value is -3.12. The van der Waals surface area contributed by atoms with Crippen molar-refractivity contribution in [1.82, 2.24) is 35.4 Å². The molecule has 45 heavy (non-hydrogen) atoms. The molecule has 4 aromatic heterocycles. The highest BCUT2D eigenvalue weighted by molar-refractivity contribution is 7.26.